The standard InChI is InChI=1S/C11H9BrINO2S/c1-14(5-8-2-3-9(12)16-8)11(15)7-4-10(13)17-6-7/h2-4,6H,5H2,1H3. The zero-order valence-electron chi connectivity index (χ0n) is 8.94. The van der Waals surface area contributed by atoms with Crippen LogP contribution >= 0.6 is 49.9 Å². The van der Waals surface area contributed by atoms with Gasteiger partial charge in [-0.05, 0) is 56.7 Å². The van der Waals surface area contributed by atoms with Crippen molar-refractivity contribution in [1.82, 2.24) is 4.90 Å². The summed E-state index contributed by atoms with van der Waals surface area (Å²) < 4.78 is 7.16. The summed E-state index contributed by atoms with van der Waals surface area (Å²) in [6.07, 6.45) is 0. The molecule has 2 aromatic rings. The lowest BCUT2D eigenvalue weighted by molar-refractivity contribution is 0.0775. The minimum Gasteiger partial charge on any atom is -0.452 e. The van der Waals surface area contributed by atoms with Crippen molar-refractivity contribution in [1.29, 1.82) is 0 Å². The number of thiophene rings is 1. The van der Waals surface area contributed by atoms with Crippen LogP contribution in [0.3, 0.4) is 0 Å². The van der Waals surface area contributed by atoms with Gasteiger partial charge in [-0.2, -0.15) is 0 Å². The van der Waals surface area contributed by atoms with Gasteiger partial charge in [-0.3, -0.25) is 4.79 Å². The van der Waals surface area contributed by atoms with E-state index in [0.717, 1.165) is 14.2 Å². The number of furan rings is 1. The van der Waals surface area contributed by atoms with Gasteiger partial charge in [0.15, 0.2) is 4.67 Å². The predicted molar refractivity (Wildman–Crippen MR) is 79.2 cm³/mol. The third-order valence-corrected chi connectivity index (χ3v) is 4.40. The van der Waals surface area contributed by atoms with Crippen molar-refractivity contribution in [2.24, 2.45) is 0 Å². The van der Waals surface area contributed by atoms with Crippen molar-refractivity contribution in [3.63, 3.8) is 0 Å². The van der Waals surface area contributed by atoms with E-state index in [1.165, 1.54) is 0 Å². The number of hydrogen-bond acceptors (Lipinski definition) is 3. The molecule has 90 valence electrons. The molecule has 0 fully saturated rings. The van der Waals surface area contributed by atoms with E-state index in [4.69, 9.17) is 4.42 Å². The number of carbonyl (C=O) groups is 1. The molecular weight excluding hydrogens is 417 g/mol. The molecule has 0 saturated heterocycles. The van der Waals surface area contributed by atoms with Gasteiger partial charge in [0.25, 0.3) is 5.91 Å². The van der Waals surface area contributed by atoms with Crippen LogP contribution < -0.4 is 0 Å². The summed E-state index contributed by atoms with van der Waals surface area (Å²) in [5.74, 6) is 0.773. The summed E-state index contributed by atoms with van der Waals surface area (Å²) in [7, 11) is 1.77. The second kappa shape index (κ2) is 5.53. The average Bonchev–Trinajstić information content (AvgIpc) is 2.87. The molecule has 0 aromatic carbocycles. The van der Waals surface area contributed by atoms with Crippen LogP contribution in [0.2, 0.25) is 0 Å². The molecule has 0 atom stereocenters. The van der Waals surface area contributed by atoms with E-state index < -0.39 is 0 Å². The Kier molecular flexibility index (Phi) is 4.26. The molecular formula is C11H9BrINO2S. The van der Waals surface area contributed by atoms with Gasteiger partial charge in [-0.15, -0.1) is 11.3 Å². The van der Waals surface area contributed by atoms with E-state index in [0.29, 0.717) is 11.2 Å². The first-order valence-electron chi connectivity index (χ1n) is 4.80. The molecule has 3 nitrogen and oxygen atoms in total. The van der Waals surface area contributed by atoms with Gasteiger partial charge in [-0.25, -0.2) is 0 Å². The van der Waals surface area contributed by atoms with Crippen molar-refractivity contribution in [3.05, 3.63) is 42.5 Å². The number of amides is 1. The average molecular weight is 426 g/mol. The highest BCUT2D eigenvalue weighted by Crippen LogP contribution is 2.19. The van der Waals surface area contributed by atoms with E-state index in [-0.39, 0.29) is 5.91 Å². The first-order valence-corrected chi connectivity index (χ1v) is 7.55. The maximum absolute atomic E-state index is 12.0. The van der Waals surface area contributed by atoms with Crippen molar-refractivity contribution in [2.45, 2.75) is 6.54 Å². The Bertz CT molecular complexity index is 537. The van der Waals surface area contributed by atoms with E-state index >= 15 is 0 Å². The molecule has 2 heterocycles. The van der Waals surface area contributed by atoms with Crippen molar-refractivity contribution >= 4 is 55.8 Å². The Hall–Kier alpha value is -0.340. The van der Waals surface area contributed by atoms with E-state index in [1.807, 2.05) is 23.6 Å². The molecule has 6 heteroatoms. The summed E-state index contributed by atoms with van der Waals surface area (Å²) in [6, 6.07) is 5.56. The Morgan fingerprint density at radius 2 is 2.35 bits per heavy atom. The van der Waals surface area contributed by atoms with Crippen LogP contribution in [0.4, 0.5) is 0 Å². The molecule has 0 aliphatic heterocycles. The van der Waals surface area contributed by atoms with Crippen LogP contribution in [0.15, 0.2) is 32.7 Å². The highest BCUT2D eigenvalue weighted by Gasteiger charge is 2.14. The normalized spacial score (nSPS) is 10.5. The lowest BCUT2D eigenvalue weighted by Crippen LogP contribution is -2.25. The maximum atomic E-state index is 12.0. The molecule has 2 aromatic heterocycles. The molecule has 2 rings (SSSR count). The van der Waals surface area contributed by atoms with E-state index in [1.54, 1.807) is 23.3 Å². The van der Waals surface area contributed by atoms with Crippen LogP contribution in [0, 0.1) is 2.88 Å². The van der Waals surface area contributed by atoms with Crippen LogP contribution in [-0.4, -0.2) is 17.9 Å². The molecule has 0 unspecified atom stereocenters. The number of carbonyl (C=O) groups excluding carboxylic acids is 1. The van der Waals surface area contributed by atoms with Gasteiger partial charge in [-0.1, -0.05) is 0 Å². The first-order chi connectivity index (χ1) is 8.06. The largest absolute Gasteiger partial charge is 0.452 e. The van der Waals surface area contributed by atoms with Crippen molar-refractivity contribution in [3.8, 4) is 0 Å². The Labute approximate surface area is 125 Å². The maximum Gasteiger partial charge on any atom is 0.254 e. The van der Waals surface area contributed by atoms with Gasteiger partial charge in [0.05, 0.1) is 15.0 Å². The summed E-state index contributed by atoms with van der Waals surface area (Å²) in [5, 5.41) is 1.87. The minimum atomic E-state index is 0.0108. The summed E-state index contributed by atoms with van der Waals surface area (Å²) >= 11 is 7.01. The smallest absolute Gasteiger partial charge is 0.254 e. The second-order valence-corrected chi connectivity index (χ2v) is 7.09. The fourth-order valence-electron chi connectivity index (χ4n) is 1.38. The van der Waals surface area contributed by atoms with Gasteiger partial charge in [0.1, 0.15) is 5.76 Å². The lowest BCUT2D eigenvalue weighted by atomic mass is 10.3. The second-order valence-electron chi connectivity index (χ2n) is 3.51. The SMILES string of the molecule is CN(Cc1ccc(Br)o1)C(=O)c1csc(I)c1. The van der Waals surface area contributed by atoms with Crippen LogP contribution in [-0.2, 0) is 6.54 Å². The number of halogens is 2. The summed E-state index contributed by atoms with van der Waals surface area (Å²) in [5.41, 5.74) is 0.729. The Balaban J connectivity index is 2.05. The Morgan fingerprint density at radius 1 is 1.59 bits per heavy atom. The van der Waals surface area contributed by atoms with Gasteiger partial charge in [0, 0.05) is 12.4 Å². The highest BCUT2D eigenvalue weighted by molar-refractivity contribution is 14.1. The van der Waals surface area contributed by atoms with Gasteiger partial charge < -0.3 is 9.32 Å². The van der Waals surface area contributed by atoms with Crippen molar-refractivity contribution in [2.75, 3.05) is 7.05 Å². The Morgan fingerprint density at radius 3 is 2.88 bits per heavy atom. The van der Waals surface area contributed by atoms with Crippen LogP contribution in [0.5, 0.6) is 0 Å². The summed E-state index contributed by atoms with van der Waals surface area (Å²) in [6.45, 7) is 0.469. The molecule has 1 amide bonds. The molecule has 0 radical (unpaired) electrons. The molecule has 0 aliphatic rings. The van der Waals surface area contributed by atoms with Gasteiger partial charge >= 0.3 is 0 Å². The minimum absolute atomic E-state index is 0.0108. The third kappa shape index (κ3) is 3.32. The zero-order chi connectivity index (χ0) is 12.4. The van der Waals surface area contributed by atoms with Crippen LogP contribution in [0.25, 0.3) is 0 Å². The summed E-state index contributed by atoms with van der Waals surface area (Å²) in [4.78, 5) is 13.7. The highest BCUT2D eigenvalue weighted by atomic mass is 127. The number of nitrogens with zero attached hydrogens (tertiary/aromatic N) is 1. The fourth-order valence-corrected chi connectivity index (χ4v) is 3.05. The predicted octanol–water partition coefficient (Wildman–Crippen LogP) is 3.98. The number of hydrogen-bond donors (Lipinski definition) is 0. The molecule has 0 bridgehead atoms. The van der Waals surface area contributed by atoms with E-state index in [2.05, 4.69) is 38.5 Å². The fraction of sp³-hybridized carbons (Fsp3) is 0.182. The first kappa shape index (κ1) is 13.1. The van der Waals surface area contributed by atoms with Crippen LogP contribution in [0.1, 0.15) is 16.1 Å². The molecule has 0 spiro atoms. The third-order valence-electron chi connectivity index (χ3n) is 2.18. The topological polar surface area (TPSA) is 33.5 Å². The molecule has 0 aliphatic carbocycles. The van der Waals surface area contributed by atoms with Crippen molar-refractivity contribution < 1.29 is 9.21 Å². The van der Waals surface area contributed by atoms with E-state index in [9.17, 15) is 4.79 Å². The molecule has 0 saturated carbocycles. The molecule has 17 heavy (non-hydrogen) atoms. The quantitative estimate of drug-likeness (QED) is 0.697. The monoisotopic (exact) mass is 425 g/mol. The van der Waals surface area contributed by atoms with Gasteiger partial charge in [0.2, 0.25) is 0 Å². The number of rotatable bonds is 3. The zero-order valence-corrected chi connectivity index (χ0v) is 13.5. The molecule has 0 N–H and O–H groups in total. The lowest BCUT2D eigenvalue weighted by Gasteiger charge is -2.14.